The summed E-state index contributed by atoms with van der Waals surface area (Å²) >= 11 is 3.33. The lowest BCUT2D eigenvalue weighted by Crippen LogP contribution is -2.25. The Bertz CT molecular complexity index is 652. The van der Waals surface area contributed by atoms with Crippen molar-refractivity contribution in [3.05, 3.63) is 46.7 Å². The van der Waals surface area contributed by atoms with Crippen LogP contribution in [0.5, 0.6) is 11.5 Å². The number of benzene rings is 1. The molecule has 2 heterocycles. The first-order valence-electron chi connectivity index (χ1n) is 5.75. The predicted molar refractivity (Wildman–Crippen MR) is 71.9 cm³/mol. The number of hydrogen-bond donors (Lipinski definition) is 1. The van der Waals surface area contributed by atoms with Gasteiger partial charge < -0.3 is 14.8 Å². The quantitative estimate of drug-likeness (QED) is 0.921. The van der Waals surface area contributed by atoms with Crippen molar-refractivity contribution >= 4 is 21.6 Å². The van der Waals surface area contributed by atoms with Crippen molar-refractivity contribution in [2.24, 2.45) is 0 Å². The first-order valence-corrected chi connectivity index (χ1v) is 6.54. The van der Waals surface area contributed by atoms with E-state index in [1.54, 1.807) is 18.5 Å². The van der Waals surface area contributed by atoms with E-state index >= 15 is 0 Å². The van der Waals surface area contributed by atoms with Crippen molar-refractivity contribution in [1.29, 1.82) is 0 Å². The van der Waals surface area contributed by atoms with Crippen LogP contribution in [0.1, 0.15) is 5.56 Å². The minimum absolute atomic E-state index is 0.0207. The average Bonchev–Trinajstić information content (AvgIpc) is 2.69. The van der Waals surface area contributed by atoms with Gasteiger partial charge in [0.2, 0.25) is 0 Å². The molecule has 0 atom stereocenters. The molecule has 1 aliphatic heterocycles. The van der Waals surface area contributed by atoms with Gasteiger partial charge in [0.15, 0.2) is 11.5 Å². The Labute approximate surface area is 121 Å². The number of fused-ring (bicyclic) bond motifs is 1. The summed E-state index contributed by atoms with van der Waals surface area (Å²) in [5, 5.41) is 3.10. The maximum absolute atomic E-state index is 12.9. The van der Waals surface area contributed by atoms with E-state index in [1.165, 1.54) is 12.1 Å². The van der Waals surface area contributed by atoms with E-state index in [-0.39, 0.29) is 11.5 Å². The van der Waals surface area contributed by atoms with Gasteiger partial charge in [0.05, 0.1) is 0 Å². The van der Waals surface area contributed by atoms with Crippen LogP contribution in [0.2, 0.25) is 0 Å². The highest BCUT2D eigenvalue weighted by atomic mass is 79.9. The minimum Gasteiger partial charge on any atom is -0.395 e. The molecular formula is C13H9BrF2N2O2. The van der Waals surface area contributed by atoms with E-state index in [4.69, 9.17) is 0 Å². The summed E-state index contributed by atoms with van der Waals surface area (Å²) in [7, 11) is 0. The molecule has 0 aliphatic carbocycles. The van der Waals surface area contributed by atoms with Crippen LogP contribution in [-0.2, 0) is 6.54 Å². The van der Waals surface area contributed by atoms with Gasteiger partial charge in [-0.15, -0.1) is 8.78 Å². The third-order valence-electron chi connectivity index (χ3n) is 2.66. The number of anilines is 1. The molecule has 3 rings (SSSR count). The van der Waals surface area contributed by atoms with Crippen molar-refractivity contribution in [2.75, 3.05) is 5.32 Å². The number of ether oxygens (including phenoxy) is 2. The summed E-state index contributed by atoms with van der Waals surface area (Å²) in [5.41, 5.74) is 1.62. The Kier molecular flexibility index (Phi) is 3.21. The van der Waals surface area contributed by atoms with Gasteiger partial charge in [0.25, 0.3) is 0 Å². The predicted octanol–water partition coefficient (Wildman–Crippen LogP) is 3.78. The lowest BCUT2D eigenvalue weighted by atomic mass is 10.2. The molecule has 2 aromatic rings. The van der Waals surface area contributed by atoms with Crippen molar-refractivity contribution in [3.8, 4) is 11.5 Å². The van der Waals surface area contributed by atoms with E-state index < -0.39 is 6.29 Å². The molecule has 0 radical (unpaired) electrons. The van der Waals surface area contributed by atoms with Crippen molar-refractivity contribution in [3.63, 3.8) is 0 Å². The molecule has 1 N–H and O–H groups in total. The third-order valence-corrected chi connectivity index (χ3v) is 3.09. The van der Waals surface area contributed by atoms with Crippen LogP contribution in [-0.4, -0.2) is 11.3 Å². The highest BCUT2D eigenvalue weighted by Gasteiger charge is 2.43. The summed E-state index contributed by atoms with van der Waals surface area (Å²) in [6.45, 7) is 0.516. The average molecular weight is 343 g/mol. The van der Waals surface area contributed by atoms with Gasteiger partial charge in [-0.2, -0.15) is 0 Å². The van der Waals surface area contributed by atoms with Crippen LogP contribution in [0.25, 0.3) is 0 Å². The largest absolute Gasteiger partial charge is 0.586 e. The van der Waals surface area contributed by atoms with Crippen LogP contribution in [0.4, 0.5) is 14.5 Å². The maximum Gasteiger partial charge on any atom is 0.586 e. The highest BCUT2D eigenvalue weighted by molar-refractivity contribution is 9.10. The van der Waals surface area contributed by atoms with Crippen LogP contribution < -0.4 is 14.8 Å². The molecule has 104 valence electrons. The normalized spacial score (nSPS) is 15.2. The van der Waals surface area contributed by atoms with Crippen molar-refractivity contribution in [2.45, 2.75) is 12.8 Å². The number of pyridine rings is 1. The summed E-state index contributed by atoms with van der Waals surface area (Å²) < 4.78 is 35.4. The van der Waals surface area contributed by atoms with Crippen molar-refractivity contribution < 1.29 is 18.3 Å². The molecule has 1 aromatic heterocycles. The zero-order chi connectivity index (χ0) is 14.2. The molecule has 0 saturated heterocycles. The Morgan fingerprint density at radius 2 is 1.95 bits per heavy atom. The van der Waals surface area contributed by atoms with Crippen molar-refractivity contribution in [1.82, 2.24) is 4.98 Å². The van der Waals surface area contributed by atoms with Gasteiger partial charge in [0, 0.05) is 35.2 Å². The van der Waals surface area contributed by atoms with E-state index in [1.807, 2.05) is 6.07 Å². The highest BCUT2D eigenvalue weighted by Crippen LogP contribution is 2.42. The number of nitrogens with one attached hydrogen (secondary N) is 1. The molecule has 1 aromatic carbocycles. The third kappa shape index (κ3) is 2.82. The Balaban J connectivity index is 1.71. The number of aromatic nitrogens is 1. The molecule has 0 saturated carbocycles. The van der Waals surface area contributed by atoms with Gasteiger partial charge in [-0.3, -0.25) is 4.98 Å². The molecule has 7 heteroatoms. The maximum atomic E-state index is 12.9. The zero-order valence-electron chi connectivity index (χ0n) is 10.1. The molecule has 4 nitrogen and oxygen atoms in total. The summed E-state index contributed by atoms with van der Waals surface area (Å²) in [6.07, 6.45) is -0.180. The molecule has 1 aliphatic rings. The molecule has 0 fully saturated rings. The Morgan fingerprint density at radius 3 is 2.75 bits per heavy atom. The van der Waals surface area contributed by atoms with E-state index in [2.05, 4.69) is 35.7 Å². The second kappa shape index (κ2) is 4.90. The SMILES string of the molecule is FC1(F)Oc2ccc(NCc3cncc(Br)c3)cc2O1. The molecule has 0 unspecified atom stereocenters. The molecular weight excluding hydrogens is 334 g/mol. The minimum atomic E-state index is -3.59. The van der Waals surface area contributed by atoms with Gasteiger partial charge in [-0.25, -0.2) is 0 Å². The lowest BCUT2D eigenvalue weighted by molar-refractivity contribution is -0.286. The first-order chi connectivity index (χ1) is 9.52. The number of nitrogens with zero attached hydrogens (tertiary/aromatic N) is 1. The fourth-order valence-electron chi connectivity index (χ4n) is 1.82. The summed E-state index contributed by atoms with van der Waals surface area (Å²) in [4.78, 5) is 4.04. The van der Waals surface area contributed by atoms with Crippen LogP contribution in [0, 0.1) is 0 Å². The Morgan fingerprint density at radius 1 is 1.15 bits per heavy atom. The topological polar surface area (TPSA) is 43.4 Å². The van der Waals surface area contributed by atoms with E-state index in [0.29, 0.717) is 12.2 Å². The monoisotopic (exact) mass is 342 g/mol. The van der Waals surface area contributed by atoms with Gasteiger partial charge in [-0.05, 0) is 39.7 Å². The van der Waals surface area contributed by atoms with Gasteiger partial charge in [-0.1, -0.05) is 0 Å². The van der Waals surface area contributed by atoms with E-state index in [9.17, 15) is 8.78 Å². The summed E-state index contributed by atoms with van der Waals surface area (Å²) in [6, 6.07) is 6.48. The molecule has 0 amide bonds. The van der Waals surface area contributed by atoms with Gasteiger partial charge in [0.1, 0.15) is 0 Å². The fourth-order valence-corrected chi connectivity index (χ4v) is 2.23. The molecule has 20 heavy (non-hydrogen) atoms. The zero-order valence-corrected chi connectivity index (χ0v) is 11.7. The van der Waals surface area contributed by atoms with E-state index in [0.717, 1.165) is 10.0 Å². The fraction of sp³-hybridized carbons (Fsp3) is 0.154. The first kappa shape index (κ1) is 13.1. The number of hydrogen-bond acceptors (Lipinski definition) is 4. The Hall–Kier alpha value is -1.89. The smallest absolute Gasteiger partial charge is 0.395 e. The molecule has 0 spiro atoms. The summed E-state index contributed by atoms with van der Waals surface area (Å²) in [5.74, 6) is 0.0528. The van der Waals surface area contributed by atoms with Crippen LogP contribution >= 0.6 is 15.9 Å². The molecule has 0 bridgehead atoms. The van der Waals surface area contributed by atoms with Crippen LogP contribution in [0.3, 0.4) is 0 Å². The second-order valence-electron chi connectivity index (χ2n) is 4.19. The second-order valence-corrected chi connectivity index (χ2v) is 5.11. The number of alkyl halides is 2. The van der Waals surface area contributed by atoms with Gasteiger partial charge >= 0.3 is 6.29 Å². The van der Waals surface area contributed by atoms with Crippen LogP contribution in [0.15, 0.2) is 41.1 Å². The number of halogens is 3. The lowest BCUT2D eigenvalue weighted by Gasteiger charge is -2.07. The standard InChI is InChI=1S/C13H9BrF2N2O2/c14-9-3-8(5-17-7-9)6-18-10-1-2-11-12(4-10)20-13(15,16)19-11/h1-5,7,18H,6H2. The number of rotatable bonds is 3.